The van der Waals surface area contributed by atoms with Crippen LogP contribution in [0, 0.1) is 0 Å². The highest BCUT2D eigenvalue weighted by Crippen LogP contribution is 2.24. The lowest BCUT2D eigenvalue weighted by Crippen LogP contribution is -2.49. The number of piperidine rings is 1. The van der Waals surface area contributed by atoms with Crippen LogP contribution in [-0.2, 0) is 12.8 Å². The summed E-state index contributed by atoms with van der Waals surface area (Å²) >= 11 is 1.83. The second kappa shape index (κ2) is 11.5. The van der Waals surface area contributed by atoms with Crippen molar-refractivity contribution < 1.29 is 0 Å². The zero-order valence-corrected chi connectivity index (χ0v) is 19.4. The molecule has 1 aromatic heterocycles. The standard InChI is InChI=1S/C21H30N4S.HI/c1-3-17-6-8-18(9-7-17)10-13-23-21(22-2)24-19-11-14-25(15-12-19)20-5-4-16-26-20;/h4-9,16,19H,3,10-15H2,1-2H3,(H2,22,23,24);1H. The first-order valence-corrected chi connectivity index (χ1v) is 10.5. The van der Waals surface area contributed by atoms with E-state index in [4.69, 9.17) is 0 Å². The second-order valence-electron chi connectivity index (χ2n) is 6.78. The van der Waals surface area contributed by atoms with E-state index in [-0.39, 0.29) is 24.0 Å². The Morgan fingerprint density at radius 1 is 1.15 bits per heavy atom. The molecule has 1 fully saturated rings. The first kappa shape index (κ1) is 22.0. The van der Waals surface area contributed by atoms with E-state index in [1.807, 2.05) is 18.4 Å². The molecule has 148 valence electrons. The number of rotatable bonds is 6. The molecule has 1 aliphatic rings. The Morgan fingerprint density at radius 3 is 2.44 bits per heavy atom. The van der Waals surface area contributed by atoms with Crippen molar-refractivity contribution in [2.45, 2.75) is 38.6 Å². The van der Waals surface area contributed by atoms with Crippen LogP contribution in [0.4, 0.5) is 5.00 Å². The minimum absolute atomic E-state index is 0. The molecular formula is C21H31IN4S. The van der Waals surface area contributed by atoms with Gasteiger partial charge in [-0.25, -0.2) is 0 Å². The maximum Gasteiger partial charge on any atom is 0.191 e. The molecule has 0 bridgehead atoms. The van der Waals surface area contributed by atoms with Crippen LogP contribution in [0.15, 0.2) is 46.8 Å². The van der Waals surface area contributed by atoms with Gasteiger partial charge in [0, 0.05) is 32.7 Å². The summed E-state index contributed by atoms with van der Waals surface area (Å²) in [4.78, 5) is 6.88. The van der Waals surface area contributed by atoms with Gasteiger partial charge in [-0.05, 0) is 54.3 Å². The summed E-state index contributed by atoms with van der Waals surface area (Å²) in [7, 11) is 1.85. The molecule has 2 N–H and O–H groups in total. The number of nitrogens with zero attached hydrogens (tertiary/aromatic N) is 2. The lowest BCUT2D eigenvalue weighted by Gasteiger charge is -2.33. The number of aryl methyl sites for hydroxylation is 1. The summed E-state index contributed by atoms with van der Waals surface area (Å²) in [6.45, 7) is 5.31. The Kier molecular flexibility index (Phi) is 9.41. The summed E-state index contributed by atoms with van der Waals surface area (Å²) in [5.41, 5.74) is 2.77. The van der Waals surface area contributed by atoms with Crippen LogP contribution in [0.1, 0.15) is 30.9 Å². The van der Waals surface area contributed by atoms with Crippen LogP contribution in [0.5, 0.6) is 0 Å². The number of anilines is 1. The van der Waals surface area contributed by atoms with Crippen LogP contribution in [0.3, 0.4) is 0 Å². The van der Waals surface area contributed by atoms with Crippen LogP contribution in [0.25, 0.3) is 0 Å². The van der Waals surface area contributed by atoms with E-state index in [1.165, 1.54) is 16.1 Å². The van der Waals surface area contributed by atoms with Gasteiger partial charge < -0.3 is 15.5 Å². The molecule has 0 spiro atoms. The number of guanidine groups is 1. The van der Waals surface area contributed by atoms with Crippen molar-refractivity contribution in [1.29, 1.82) is 0 Å². The van der Waals surface area contributed by atoms with Crippen LogP contribution >= 0.6 is 35.3 Å². The Bertz CT molecular complexity index is 677. The topological polar surface area (TPSA) is 39.7 Å². The molecular weight excluding hydrogens is 467 g/mol. The van der Waals surface area contributed by atoms with Gasteiger partial charge in [0.15, 0.2) is 5.96 Å². The molecule has 4 nitrogen and oxygen atoms in total. The third kappa shape index (κ3) is 6.68. The number of nitrogens with one attached hydrogen (secondary N) is 2. The fraction of sp³-hybridized carbons (Fsp3) is 0.476. The van der Waals surface area contributed by atoms with E-state index in [0.29, 0.717) is 6.04 Å². The Balaban J connectivity index is 0.00000261. The van der Waals surface area contributed by atoms with Crippen molar-refractivity contribution >= 4 is 46.3 Å². The maximum absolute atomic E-state index is 4.39. The van der Waals surface area contributed by atoms with Crippen LogP contribution in [-0.4, -0.2) is 38.7 Å². The second-order valence-corrected chi connectivity index (χ2v) is 7.70. The lowest BCUT2D eigenvalue weighted by atomic mass is 10.1. The summed E-state index contributed by atoms with van der Waals surface area (Å²) in [5, 5.41) is 10.6. The van der Waals surface area contributed by atoms with Crippen molar-refractivity contribution in [3.8, 4) is 0 Å². The minimum Gasteiger partial charge on any atom is -0.363 e. The SMILES string of the molecule is CCc1ccc(CCNC(=NC)NC2CCN(c3cccs3)CC2)cc1.I. The Labute approximate surface area is 184 Å². The van der Waals surface area contributed by atoms with E-state index in [1.54, 1.807) is 0 Å². The van der Waals surface area contributed by atoms with E-state index in [2.05, 4.69) is 69.2 Å². The van der Waals surface area contributed by atoms with Crippen molar-refractivity contribution in [3.05, 3.63) is 52.9 Å². The monoisotopic (exact) mass is 498 g/mol. The van der Waals surface area contributed by atoms with Crippen molar-refractivity contribution in [1.82, 2.24) is 10.6 Å². The van der Waals surface area contributed by atoms with Gasteiger partial charge in [0.1, 0.15) is 0 Å². The molecule has 1 aliphatic heterocycles. The van der Waals surface area contributed by atoms with E-state index in [0.717, 1.165) is 51.3 Å². The maximum atomic E-state index is 4.39. The molecule has 0 saturated carbocycles. The smallest absolute Gasteiger partial charge is 0.191 e. The van der Waals surface area contributed by atoms with Crippen LogP contribution in [0.2, 0.25) is 0 Å². The van der Waals surface area contributed by atoms with Gasteiger partial charge in [0.25, 0.3) is 0 Å². The summed E-state index contributed by atoms with van der Waals surface area (Å²) in [6, 6.07) is 13.8. The van der Waals surface area contributed by atoms with E-state index < -0.39 is 0 Å². The molecule has 1 saturated heterocycles. The first-order chi connectivity index (χ1) is 12.8. The van der Waals surface area contributed by atoms with Crippen molar-refractivity contribution in [3.63, 3.8) is 0 Å². The predicted molar refractivity (Wildman–Crippen MR) is 129 cm³/mol. The Hall–Kier alpha value is -1.28. The first-order valence-electron chi connectivity index (χ1n) is 9.62. The normalized spacial score (nSPS) is 15.3. The number of benzene rings is 1. The highest BCUT2D eigenvalue weighted by Gasteiger charge is 2.20. The number of thiophene rings is 1. The number of hydrogen-bond donors (Lipinski definition) is 2. The van der Waals surface area contributed by atoms with Gasteiger partial charge in [-0.2, -0.15) is 0 Å². The molecule has 6 heteroatoms. The molecule has 0 radical (unpaired) electrons. The summed E-state index contributed by atoms with van der Waals surface area (Å²) < 4.78 is 0. The van der Waals surface area contributed by atoms with Gasteiger partial charge in [-0.3, -0.25) is 4.99 Å². The van der Waals surface area contributed by atoms with Gasteiger partial charge in [-0.1, -0.05) is 31.2 Å². The minimum atomic E-state index is 0. The molecule has 2 aromatic rings. The predicted octanol–water partition coefficient (Wildman–Crippen LogP) is 4.31. The van der Waals surface area contributed by atoms with Gasteiger partial charge in [0.2, 0.25) is 0 Å². The van der Waals surface area contributed by atoms with E-state index in [9.17, 15) is 0 Å². The molecule has 0 unspecified atom stereocenters. The average Bonchev–Trinajstić information content (AvgIpc) is 3.23. The molecule has 27 heavy (non-hydrogen) atoms. The third-order valence-corrected chi connectivity index (χ3v) is 5.94. The fourth-order valence-corrected chi connectivity index (χ4v) is 4.13. The fourth-order valence-electron chi connectivity index (χ4n) is 3.35. The molecule has 2 heterocycles. The zero-order chi connectivity index (χ0) is 18.2. The van der Waals surface area contributed by atoms with Crippen LogP contribution < -0.4 is 15.5 Å². The molecule has 1 aromatic carbocycles. The van der Waals surface area contributed by atoms with Gasteiger partial charge in [0.05, 0.1) is 5.00 Å². The zero-order valence-electron chi connectivity index (χ0n) is 16.3. The number of halogens is 1. The van der Waals surface area contributed by atoms with Gasteiger partial charge in [-0.15, -0.1) is 35.3 Å². The van der Waals surface area contributed by atoms with Crippen molar-refractivity contribution in [2.24, 2.45) is 4.99 Å². The van der Waals surface area contributed by atoms with Crippen molar-refractivity contribution in [2.75, 3.05) is 31.6 Å². The summed E-state index contributed by atoms with van der Waals surface area (Å²) in [5.74, 6) is 0.921. The third-order valence-electron chi connectivity index (χ3n) is 5.01. The highest BCUT2D eigenvalue weighted by atomic mass is 127. The largest absolute Gasteiger partial charge is 0.363 e. The molecule has 0 aliphatic carbocycles. The molecule has 0 atom stereocenters. The quantitative estimate of drug-likeness (QED) is 0.355. The van der Waals surface area contributed by atoms with Gasteiger partial charge >= 0.3 is 0 Å². The Morgan fingerprint density at radius 2 is 1.85 bits per heavy atom. The lowest BCUT2D eigenvalue weighted by molar-refractivity contribution is 0.463. The average molecular weight is 498 g/mol. The molecule has 3 rings (SSSR count). The number of hydrogen-bond acceptors (Lipinski definition) is 3. The summed E-state index contributed by atoms with van der Waals surface area (Å²) in [6.07, 6.45) is 4.41. The molecule has 0 amide bonds. The highest BCUT2D eigenvalue weighted by molar-refractivity contribution is 14.0. The number of aliphatic imine (C=N–C) groups is 1. The van der Waals surface area contributed by atoms with E-state index >= 15 is 0 Å².